The Morgan fingerprint density at radius 3 is 2.26 bits per heavy atom. The maximum Gasteiger partial charge on any atom is 0.306 e. The van der Waals surface area contributed by atoms with E-state index in [1.165, 1.54) is 5.56 Å². The third-order valence-corrected chi connectivity index (χ3v) is 4.07. The van der Waals surface area contributed by atoms with Crippen LogP contribution in [0.2, 0.25) is 0 Å². The Kier molecular flexibility index (Phi) is 8.23. The van der Waals surface area contributed by atoms with Crippen LogP contribution in [0.3, 0.4) is 0 Å². The van der Waals surface area contributed by atoms with Crippen molar-refractivity contribution in [3.8, 4) is 0 Å². The van der Waals surface area contributed by atoms with Crippen LogP contribution in [-0.4, -0.2) is 24.3 Å². The maximum absolute atomic E-state index is 12.1. The van der Waals surface area contributed by atoms with E-state index in [0.29, 0.717) is 12.1 Å². The second kappa shape index (κ2) is 10.9. The first kappa shape index (κ1) is 20.4. The number of carbonyl (C=O) groups excluding carboxylic acids is 3. The van der Waals surface area contributed by atoms with Gasteiger partial charge in [0.1, 0.15) is 0 Å². The molecule has 0 aromatic heterocycles. The Labute approximate surface area is 159 Å². The molecule has 5 heteroatoms. The monoisotopic (exact) mass is 367 g/mol. The summed E-state index contributed by atoms with van der Waals surface area (Å²) in [7, 11) is 0. The van der Waals surface area contributed by atoms with Crippen molar-refractivity contribution < 1.29 is 19.1 Å². The molecule has 0 bridgehead atoms. The maximum atomic E-state index is 12.1. The number of Topliss-reactive ketones (excluding diaryl/α,β-unsaturated/α-hetero) is 1. The van der Waals surface area contributed by atoms with E-state index in [9.17, 15) is 14.4 Å². The van der Waals surface area contributed by atoms with E-state index >= 15 is 0 Å². The number of rotatable bonds is 10. The standard InChI is InChI=1S/C22H25NO4/c1-2-6-17-9-11-19(12-10-17)20(24)13-14-22(26)27-16-21(25)23-15-18-7-4-3-5-8-18/h3-5,7-12H,2,6,13-16H2,1H3,(H,23,25). The van der Waals surface area contributed by atoms with E-state index in [0.717, 1.165) is 18.4 Å². The number of carbonyl (C=O) groups is 3. The number of aryl methyl sites for hydroxylation is 1. The number of nitrogens with one attached hydrogen (secondary N) is 1. The molecule has 27 heavy (non-hydrogen) atoms. The zero-order chi connectivity index (χ0) is 19.5. The van der Waals surface area contributed by atoms with Crippen LogP contribution in [0, 0.1) is 0 Å². The van der Waals surface area contributed by atoms with E-state index in [1.54, 1.807) is 12.1 Å². The normalized spacial score (nSPS) is 10.3. The molecule has 1 N–H and O–H groups in total. The van der Waals surface area contributed by atoms with Crippen LogP contribution in [0.25, 0.3) is 0 Å². The second-order valence-corrected chi connectivity index (χ2v) is 6.29. The molecule has 0 aliphatic rings. The summed E-state index contributed by atoms with van der Waals surface area (Å²) in [5, 5.41) is 2.68. The van der Waals surface area contributed by atoms with Crippen LogP contribution < -0.4 is 5.32 Å². The molecular formula is C22H25NO4. The minimum absolute atomic E-state index is 0.0402. The van der Waals surface area contributed by atoms with Crippen molar-refractivity contribution in [2.45, 2.75) is 39.2 Å². The molecule has 2 rings (SSSR count). The first-order valence-corrected chi connectivity index (χ1v) is 9.17. The first-order chi connectivity index (χ1) is 13.1. The quantitative estimate of drug-likeness (QED) is 0.516. The number of hydrogen-bond acceptors (Lipinski definition) is 4. The summed E-state index contributed by atoms with van der Waals surface area (Å²) in [5.41, 5.74) is 2.74. The fraction of sp³-hybridized carbons (Fsp3) is 0.318. The number of amides is 1. The Hall–Kier alpha value is -2.95. The summed E-state index contributed by atoms with van der Waals surface area (Å²) < 4.78 is 4.93. The summed E-state index contributed by atoms with van der Waals surface area (Å²) >= 11 is 0. The van der Waals surface area contributed by atoms with Gasteiger partial charge in [-0.25, -0.2) is 0 Å². The predicted octanol–water partition coefficient (Wildman–Crippen LogP) is 3.46. The lowest BCUT2D eigenvalue weighted by atomic mass is 10.0. The zero-order valence-corrected chi connectivity index (χ0v) is 15.6. The molecule has 0 aliphatic heterocycles. The van der Waals surface area contributed by atoms with E-state index < -0.39 is 5.97 Å². The molecule has 0 heterocycles. The van der Waals surface area contributed by atoms with Gasteiger partial charge in [-0.2, -0.15) is 0 Å². The summed E-state index contributed by atoms with van der Waals surface area (Å²) in [4.78, 5) is 35.6. The number of ether oxygens (including phenoxy) is 1. The van der Waals surface area contributed by atoms with Gasteiger partial charge in [-0.05, 0) is 17.5 Å². The van der Waals surface area contributed by atoms with Gasteiger partial charge in [0.05, 0.1) is 6.42 Å². The minimum atomic E-state index is -0.555. The molecule has 0 aliphatic carbocycles. The fourth-order valence-corrected chi connectivity index (χ4v) is 2.57. The van der Waals surface area contributed by atoms with Gasteiger partial charge in [-0.1, -0.05) is 67.9 Å². The highest BCUT2D eigenvalue weighted by molar-refractivity contribution is 5.97. The molecule has 0 radical (unpaired) electrons. The van der Waals surface area contributed by atoms with Crippen LogP contribution in [0.5, 0.6) is 0 Å². The van der Waals surface area contributed by atoms with E-state index in [4.69, 9.17) is 4.74 Å². The molecule has 0 saturated carbocycles. The highest BCUT2D eigenvalue weighted by atomic mass is 16.5. The van der Waals surface area contributed by atoms with Crippen molar-refractivity contribution in [2.75, 3.05) is 6.61 Å². The van der Waals surface area contributed by atoms with Crippen molar-refractivity contribution >= 4 is 17.7 Å². The van der Waals surface area contributed by atoms with E-state index in [-0.39, 0.29) is 31.1 Å². The number of hydrogen-bond donors (Lipinski definition) is 1. The van der Waals surface area contributed by atoms with Gasteiger partial charge < -0.3 is 10.1 Å². The Morgan fingerprint density at radius 2 is 1.59 bits per heavy atom. The highest BCUT2D eigenvalue weighted by Gasteiger charge is 2.12. The molecule has 0 fully saturated rings. The average molecular weight is 367 g/mol. The number of ketones is 1. The summed E-state index contributed by atoms with van der Waals surface area (Å²) in [6.45, 7) is 2.14. The Morgan fingerprint density at radius 1 is 0.889 bits per heavy atom. The van der Waals surface area contributed by atoms with Crippen LogP contribution in [-0.2, 0) is 27.3 Å². The molecule has 1 amide bonds. The van der Waals surface area contributed by atoms with Gasteiger partial charge in [-0.3, -0.25) is 14.4 Å². The van der Waals surface area contributed by atoms with Gasteiger partial charge in [0, 0.05) is 18.5 Å². The second-order valence-electron chi connectivity index (χ2n) is 6.29. The SMILES string of the molecule is CCCc1ccc(C(=O)CCC(=O)OCC(=O)NCc2ccccc2)cc1. The average Bonchev–Trinajstić information content (AvgIpc) is 2.70. The predicted molar refractivity (Wildman–Crippen MR) is 103 cm³/mol. The van der Waals surface area contributed by atoms with E-state index in [1.807, 2.05) is 42.5 Å². The van der Waals surface area contributed by atoms with Crippen molar-refractivity contribution in [2.24, 2.45) is 0 Å². The van der Waals surface area contributed by atoms with Crippen LogP contribution >= 0.6 is 0 Å². The molecule has 0 spiro atoms. The number of benzene rings is 2. The van der Waals surface area contributed by atoms with Gasteiger partial charge in [-0.15, -0.1) is 0 Å². The van der Waals surface area contributed by atoms with Gasteiger partial charge in [0.25, 0.3) is 5.91 Å². The van der Waals surface area contributed by atoms with Crippen molar-refractivity contribution in [3.63, 3.8) is 0 Å². The molecular weight excluding hydrogens is 342 g/mol. The fourth-order valence-electron chi connectivity index (χ4n) is 2.57. The summed E-state index contributed by atoms with van der Waals surface area (Å²) in [6, 6.07) is 16.9. The van der Waals surface area contributed by atoms with Crippen LogP contribution in [0.4, 0.5) is 0 Å². The third-order valence-electron chi connectivity index (χ3n) is 4.07. The summed E-state index contributed by atoms with van der Waals surface area (Å²) in [5.74, 6) is -1.03. The molecule has 142 valence electrons. The van der Waals surface area contributed by atoms with Gasteiger partial charge in [0.2, 0.25) is 0 Å². The topological polar surface area (TPSA) is 72.5 Å². The Bertz CT molecular complexity index is 754. The summed E-state index contributed by atoms with van der Waals surface area (Å²) in [6.07, 6.45) is 2.06. The molecule has 0 atom stereocenters. The minimum Gasteiger partial charge on any atom is -0.456 e. The largest absolute Gasteiger partial charge is 0.456 e. The number of esters is 1. The smallest absolute Gasteiger partial charge is 0.306 e. The third kappa shape index (κ3) is 7.44. The zero-order valence-electron chi connectivity index (χ0n) is 15.6. The van der Waals surface area contributed by atoms with Crippen LogP contribution in [0.15, 0.2) is 54.6 Å². The molecule has 0 saturated heterocycles. The molecule has 2 aromatic carbocycles. The Balaban J connectivity index is 1.66. The van der Waals surface area contributed by atoms with E-state index in [2.05, 4.69) is 12.2 Å². The lowest BCUT2D eigenvalue weighted by molar-refractivity contribution is -0.148. The highest BCUT2D eigenvalue weighted by Crippen LogP contribution is 2.10. The van der Waals surface area contributed by atoms with Crippen molar-refractivity contribution in [1.29, 1.82) is 0 Å². The lowest BCUT2D eigenvalue weighted by Gasteiger charge is -2.07. The molecule has 2 aromatic rings. The van der Waals surface area contributed by atoms with Gasteiger partial charge in [0.15, 0.2) is 12.4 Å². The van der Waals surface area contributed by atoms with Gasteiger partial charge >= 0.3 is 5.97 Å². The van der Waals surface area contributed by atoms with Crippen LogP contribution in [0.1, 0.15) is 47.7 Å². The molecule has 0 unspecified atom stereocenters. The molecule has 5 nitrogen and oxygen atoms in total. The van der Waals surface area contributed by atoms with Crippen molar-refractivity contribution in [3.05, 3.63) is 71.3 Å². The van der Waals surface area contributed by atoms with Crippen molar-refractivity contribution in [1.82, 2.24) is 5.32 Å². The lowest BCUT2D eigenvalue weighted by Crippen LogP contribution is -2.28. The first-order valence-electron chi connectivity index (χ1n) is 9.17.